The summed E-state index contributed by atoms with van der Waals surface area (Å²) in [4.78, 5) is 21.7. The Labute approximate surface area is 91.1 Å². The Bertz CT molecular complexity index is 204. The van der Waals surface area contributed by atoms with Crippen LogP contribution in [-0.2, 0) is 9.59 Å². The van der Waals surface area contributed by atoms with Crippen molar-refractivity contribution < 1.29 is 14.7 Å². The van der Waals surface area contributed by atoms with Crippen LogP contribution in [-0.4, -0.2) is 29.9 Å². The molecule has 1 unspecified atom stereocenters. The molecule has 1 atom stereocenters. The lowest BCUT2D eigenvalue weighted by molar-refractivity contribution is -0.124. The zero-order valence-corrected chi connectivity index (χ0v) is 9.58. The zero-order valence-electron chi connectivity index (χ0n) is 9.58. The average Bonchev–Trinajstić information content (AvgIpc) is 2.21. The highest BCUT2D eigenvalue weighted by Crippen LogP contribution is 2.02. The van der Waals surface area contributed by atoms with Crippen molar-refractivity contribution in [1.29, 1.82) is 0 Å². The molecule has 0 heterocycles. The summed E-state index contributed by atoms with van der Waals surface area (Å²) in [5.74, 6) is 0.264. The highest BCUT2D eigenvalue weighted by molar-refractivity contribution is 5.83. The highest BCUT2D eigenvalue weighted by Gasteiger charge is 2.03. The van der Waals surface area contributed by atoms with Gasteiger partial charge in [0.2, 0.25) is 5.91 Å². The molecular formula is C11H21NO3. The van der Waals surface area contributed by atoms with Gasteiger partial charge in [-0.2, -0.15) is 0 Å². The molecule has 0 aliphatic carbocycles. The lowest BCUT2D eigenvalue weighted by atomic mass is 10.1. The van der Waals surface area contributed by atoms with Gasteiger partial charge in [-0.1, -0.05) is 6.92 Å². The van der Waals surface area contributed by atoms with E-state index >= 15 is 0 Å². The monoisotopic (exact) mass is 215 g/mol. The summed E-state index contributed by atoms with van der Waals surface area (Å²) in [5.41, 5.74) is 0. The second kappa shape index (κ2) is 8.41. The van der Waals surface area contributed by atoms with Gasteiger partial charge in [-0.25, -0.2) is 0 Å². The molecule has 4 nitrogen and oxygen atoms in total. The van der Waals surface area contributed by atoms with Crippen LogP contribution >= 0.6 is 0 Å². The molecule has 0 saturated heterocycles. The number of hydrogen-bond acceptors (Lipinski definition) is 3. The number of ketones is 1. The minimum Gasteiger partial charge on any atom is -0.396 e. The standard InChI is InChI=1S/C11H21NO3/c1-9(8-13)4-3-7-12-11(15)6-5-10(2)14/h9,13H,3-8H2,1-2H3,(H,12,15). The van der Waals surface area contributed by atoms with Gasteiger partial charge >= 0.3 is 0 Å². The van der Waals surface area contributed by atoms with Crippen LogP contribution in [0.5, 0.6) is 0 Å². The molecule has 4 heteroatoms. The molecule has 0 aromatic rings. The van der Waals surface area contributed by atoms with Crippen molar-refractivity contribution in [2.75, 3.05) is 13.2 Å². The number of aliphatic hydroxyl groups excluding tert-OH is 1. The number of amides is 1. The summed E-state index contributed by atoms with van der Waals surface area (Å²) in [6.45, 7) is 4.27. The van der Waals surface area contributed by atoms with E-state index in [4.69, 9.17) is 5.11 Å². The van der Waals surface area contributed by atoms with Crippen molar-refractivity contribution >= 4 is 11.7 Å². The molecule has 0 radical (unpaired) electrons. The van der Waals surface area contributed by atoms with Crippen LogP contribution in [0.3, 0.4) is 0 Å². The summed E-state index contributed by atoms with van der Waals surface area (Å²) in [7, 11) is 0. The Morgan fingerprint density at radius 3 is 2.53 bits per heavy atom. The van der Waals surface area contributed by atoms with E-state index in [1.54, 1.807) is 0 Å². The first kappa shape index (κ1) is 14.1. The van der Waals surface area contributed by atoms with Crippen LogP contribution in [0.15, 0.2) is 0 Å². The van der Waals surface area contributed by atoms with Gasteiger partial charge in [0.25, 0.3) is 0 Å². The molecule has 88 valence electrons. The largest absolute Gasteiger partial charge is 0.396 e. The Balaban J connectivity index is 3.35. The zero-order chi connectivity index (χ0) is 11.7. The first-order valence-electron chi connectivity index (χ1n) is 5.43. The fourth-order valence-corrected chi connectivity index (χ4v) is 1.15. The highest BCUT2D eigenvalue weighted by atomic mass is 16.3. The van der Waals surface area contributed by atoms with E-state index in [9.17, 15) is 9.59 Å². The lowest BCUT2D eigenvalue weighted by Gasteiger charge is -2.08. The summed E-state index contributed by atoms with van der Waals surface area (Å²) in [6, 6.07) is 0. The number of nitrogens with one attached hydrogen (secondary N) is 1. The molecule has 1 amide bonds. The van der Waals surface area contributed by atoms with Crippen LogP contribution in [0.2, 0.25) is 0 Å². The van der Waals surface area contributed by atoms with Crippen molar-refractivity contribution in [2.24, 2.45) is 5.92 Å². The van der Waals surface area contributed by atoms with Crippen molar-refractivity contribution in [3.05, 3.63) is 0 Å². The van der Waals surface area contributed by atoms with E-state index in [0.29, 0.717) is 18.9 Å². The van der Waals surface area contributed by atoms with Gasteiger partial charge in [0.1, 0.15) is 5.78 Å². The van der Waals surface area contributed by atoms with Crippen molar-refractivity contribution in [2.45, 2.75) is 39.5 Å². The van der Waals surface area contributed by atoms with Crippen LogP contribution in [0.1, 0.15) is 39.5 Å². The van der Waals surface area contributed by atoms with Gasteiger partial charge < -0.3 is 15.2 Å². The molecule has 0 aliphatic heterocycles. The van der Waals surface area contributed by atoms with Crippen LogP contribution < -0.4 is 5.32 Å². The van der Waals surface area contributed by atoms with E-state index in [1.165, 1.54) is 6.92 Å². The van der Waals surface area contributed by atoms with E-state index in [2.05, 4.69) is 5.32 Å². The molecule has 0 rings (SSSR count). The Kier molecular flexibility index (Phi) is 7.91. The maximum Gasteiger partial charge on any atom is 0.220 e. The second-order valence-corrected chi connectivity index (χ2v) is 3.98. The van der Waals surface area contributed by atoms with E-state index in [-0.39, 0.29) is 24.7 Å². The maximum absolute atomic E-state index is 11.1. The van der Waals surface area contributed by atoms with Crippen LogP contribution in [0.4, 0.5) is 0 Å². The fourth-order valence-electron chi connectivity index (χ4n) is 1.15. The first-order valence-corrected chi connectivity index (χ1v) is 5.43. The third kappa shape index (κ3) is 9.41. The van der Waals surface area contributed by atoms with E-state index in [0.717, 1.165) is 12.8 Å². The normalized spacial score (nSPS) is 12.2. The smallest absolute Gasteiger partial charge is 0.220 e. The van der Waals surface area contributed by atoms with Gasteiger partial charge in [-0.3, -0.25) is 4.79 Å². The van der Waals surface area contributed by atoms with E-state index < -0.39 is 0 Å². The van der Waals surface area contributed by atoms with Gasteiger partial charge in [-0.15, -0.1) is 0 Å². The van der Waals surface area contributed by atoms with Gasteiger partial charge in [-0.05, 0) is 25.7 Å². The fraction of sp³-hybridized carbons (Fsp3) is 0.818. The Morgan fingerprint density at radius 2 is 2.00 bits per heavy atom. The average molecular weight is 215 g/mol. The van der Waals surface area contributed by atoms with E-state index in [1.807, 2.05) is 6.92 Å². The topological polar surface area (TPSA) is 66.4 Å². The summed E-state index contributed by atoms with van der Waals surface area (Å²) < 4.78 is 0. The molecule has 0 bridgehead atoms. The third-order valence-electron chi connectivity index (χ3n) is 2.21. The lowest BCUT2D eigenvalue weighted by Crippen LogP contribution is -2.25. The predicted molar refractivity (Wildman–Crippen MR) is 58.4 cm³/mol. The van der Waals surface area contributed by atoms with Crippen molar-refractivity contribution in [1.82, 2.24) is 5.32 Å². The Morgan fingerprint density at radius 1 is 1.33 bits per heavy atom. The SMILES string of the molecule is CC(=O)CCC(=O)NCCCC(C)CO. The molecule has 0 spiro atoms. The summed E-state index contributed by atoms with van der Waals surface area (Å²) in [6.07, 6.45) is 2.38. The van der Waals surface area contributed by atoms with Gasteiger partial charge in [0.05, 0.1) is 0 Å². The number of Topliss-reactive ketones (excluding diaryl/α,β-unsaturated/α-hetero) is 1. The van der Waals surface area contributed by atoms with Gasteiger partial charge in [0.15, 0.2) is 0 Å². The predicted octanol–water partition coefficient (Wildman–Crippen LogP) is 0.880. The molecule has 0 aromatic heterocycles. The Hall–Kier alpha value is -0.900. The molecule has 0 aromatic carbocycles. The number of hydrogen-bond donors (Lipinski definition) is 2. The number of rotatable bonds is 8. The number of aliphatic hydroxyl groups is 1. The minimum absolute atomic E-state index is 0.0408. The number of carbonyl (C=O) groups is 2. The summed E-state index contributed by atoms with van der Waals surface area (Å²) in [5, 5.41) is 11.5. The van der Waals surface area contributed by atoms with Crippen LogP contribution in [0, 0.1) is 5.92 Å². The molecule has 0 aliphatic rings. The molecule has 0 fully saturated rings. The molecule has 2 N–H and O–H groups in total. The number of carbonyl (C=O) groups excluding carboxylic acids is 2. The molecular weight excluding hydrogens is 194 g/mol. The third-order valence-corrected chi connectivity index (χ3v) is 2.21. The second-order valence-electron chi connectivity index (χ2n) is 3.98. The van der Waals surface area contributed by atoms with Gasteiger partial charge in [0, 0.05) is 26.0 Å². The molecule has 0 saturated carbocycles. The van der Waals surface area contributed by atoms with Crippen LogP contribution in [0.25, 0.3) is 0 Å². The quantitative estimate of drug-likeness (QED) is 0.591. The van der Waals surface area contributed by atoms with Crippen molar-refractivity contribution in [3.63, 3.8) is 0 Å². The first-order chi connectivity index (χ1) is 7.06. The minimum atomic E-state index is -0.0677. The maximum atomic E-state index is 11.1. The molecule has 15 heavy (non-hydrogen) atoms. The summed E-state index contributed by atoms with van der Waals surface area (Å²) >= 11 is 0. The van der Waals surface area contributed by atoms with Crippen molar-refractivity contribution in [3.8, 4) is 0 Å².